The van der Waals surface area contributed by atoms with Gasteiger partial charge in [0.25, 0.3) is 0 Å². The van der Waals surface area contributed by atoms with Gasteiger partial charge in [-0.05, 0) is 70.0 Å². The molecule has 6 heteroatoms. The molecule has 0 saturated heterocycles. The smallest absolute Gasteiger partial charge is 0.159 e. The maximum Gasteiger partial charge on any atom is 0.159 e. The van der Waals surface area contributed by atoms with Gasteiger partial charge in [0.2, 0.25) is 0 Å². The summed E-state index contributed by atoms with van der Waals surface area (Å²) in [5.74, 6) is 0.760. The first-order chi connectivity index (χ1) is 13.6. The van der Waals surface area contributed by atoms with Crippen LogP contribution in [-0.4, -0.2) is 24.1 Å². The Morgan fingerprint density at radius 3 is 1.76 bits per heavy atom. The molecule has 0 amide bonds. The molecule has 0 aromatic heterocycles. The summed E-state index contributed by atoms with van der Waals surface area (Å²) in [5.41, 5.74) is 11.1. The van der Waals surface area contributed by atoms with E-state index in [1.54, 1.807) is 13.0 Å². The molecular weight excluding hydrogens is 494 g/mol. The Morgan fingerprint density at radius 1 is 0.966 bits per heavy atom. The van der Waals surface area contributed by atoms with Crippen LogP contribution in [0.5, 0.6) is 0 Å². The molecule has 0 radical (unpaired) electrons. The van der Waals surface area contributed by atoms with Gasteiger partial charge in [-0.3, -0.25) is 4.79 Å². The van der Waals surface area contributed by atoms with Gasteiger partial charge >= 0.3 is 0 Å². The molecular formula is C23H33Br2N3O. The number of rotatable bonds is 5. The third kappa shape index (κ3) is 14.2. The average molecular weight is 527 g/mol. The Kier molecular flexibility index (Phi) is 14.6. The maximum atomic E-state index is 10.8. The minimum atomic E-state index is 0.0984. The van der Waals surface area contributed by atoms with E-state index in [4.69, 9.17) is 5.73 Å². The van der Waals surface area contributed by atoms with Crippen LogP contribution in [0.15, 0.2) is 62.6 Å². The molecule has 0 bridgehead atoms. The predicted octanol–water partition coefficient (Wildman–Crippen LogP) is 6.42. The number of hydrazone groups is 1. The van der Waals surface area contributed by atoms with Crippen molar-refractivity contribution in [2.45, 2.75) is 47.6 Å². The average Bonchev–Trinajstić information content (AvgIpc) is 2.67. The van der Waals surface area contributed by atoms with Crippen LogP contribution < -0.4 is 11.2 Å². The lowest BCUT2D eigenvalue weighted by molar-refractivity contribution is 0.101. The third-order valence-electron chi connectivity index (χ3n) is 3.44. The number of hydrogen-bond donors (Lipinski definition) is 2. The van der Waals surface area contributed by atoms with Crippen LogP contribution in [0, 0.1) is 5.92 Å². The molecule has 0 unspecified atom stereocenters. The molecule has 2 rings (SSSR count). The highest BCUT2D eigenvalue weighted by atomic mass is 79.9. The summed E-state index contributed by atoms with van der Waals surface area (Å²) in [6.45, 7) is 12.7. The summed E-state index contributed by atoms with van der Waals surface area (Å²) < 4.78 is 2.02. The number of Topliss-reactive ketones (excluding diaryl/α,β-unsaturated/α-hetero) is 1. The van der Waals surface area contributed by atoms with Crippen molar-refractivity contribution >= 4 is 43.4 Å². The number of carbonyl (C=O) groups is 1. The molecule has 0 fully saturated rings. The summed E-state index contributed by atoms with van der Waals surface area (Å²) in [6.07, 6.45) is 0. The Bertz CT molecular complexity index is 774. The molecule has 0 atom stereocenters. The van der Waals surface area contributed by atoms with Gasteiger partial charge < -0.3 is 11.2 Å². The number of nitrogens with two attached hydrogens (primary N) is 1. The monoisotopic (exact) mass is 525 g/mol. The number of carbonyl (C=O) groups excluding carboxylic acids is 1. The lowest BCUT2D eigenvalue weighted by Crippen LogP contribution is -2.18. The van der Waals surface area contributed by atoms with Crippen LogP contribution in [0.1, 0.15) is 57.5 Å². The molecule has 0 saturated carbocycles. The second-order valence-electron chi connectivity index (χ2n) is 7.19. The zero-order valence-corrected chi connectivity index (χ0v) is 21.3. The van der Waals surface area contributed by atoms with Crippen LogP contribution in [0.2, 0.25) is 0 Å². The van der Waals surface area contributed by atoms with Gasteiger partial charge in [-0.1, -0.05) is 70.0 Å². The lowest BCUT2D eigenvalue weighted by Gasteiger charge is -2.06. The molecule has 4 nitrogen and oxygen atoms in total. The number of ketones is 1. The zero-order chi connectivity index (χ0) is 22.4. The summed E-state index contributed by atoms with van der Waals surface area (Å²) in [4.78, 5) is 10.8. The number of benzene rings is 2. The van der Waals surface area contributed by atoms with E-state index in [-0.39, 0.29) is 5.78 Å². The topological polar surface area (TPSA) is 67.5 Å². The third-order valence-corrected chi connectivity index (χ3v) is 4.42. The van der Waals surface area contributed by atoms with Crippen LogP contribution in [0.25, 0.3) is 0 Å². The van der Waals surface area contributed by atoms with Crippen molar-refractivity contribution in [3.63, 3.8) is 0 Å². The molecule has 3 N–H and O–H groups in total. The lowest BCUT2D eigenvalue weighted by atomic mass is 10.1. The van der Waals surface area contributed by atoms with E-state index in [1.165, 1.54) is 0 Å². The fourth-order valence-corrected chi connectivity index (χ4v) is 2.51. The van der Waals surface area contributed by atoms with E-state index < -0.39 is 0 Å². The Hall–Kier alpha value is -1.50. The van der Waals surface area contributed by atoms with E-state index in [2.05, 4.69) is 76.1 Å². The fraction of sp³-hybridized carbons (Fsp3) is 0.391. The van der Waals surface area contributed by atoms with Gasteiger partial charge in [0, 0.05) is 20.6 Å². The first-order valence-corrected chi connectivity index (χ1v) is 11.2. The van der Waals surface area contributed by atoms with Gasteiger partial charge in [-0.2, -0.15) is 5.10 Å². The van der Waals surface area contributed by atoms with Crippen molar-refractivity contribution in [3.8, 4) is 0 Å². The summed E-state index contributed by atoms with van der Waals surface area (Å²) in [5, 5.41) is 4.28. The van der Waals surface area contributed by atoms with Gasteiger partial charge in [0.15, 0.2) is 5.78 Å². The van der Waals surface area contributed by atoms with Gasteiger partial charge in [0.1, 0.15) is 0 Å². The molecule has 0 spiro atoms. The van der Waals surface area contributed by atoms with Gasteiger partial charge in [-0.15, -0.1) is 0 Å². The highest BCUT2D eigenvalue weighted by Crippen LogP contribution is 2.12. The first kappa shape index (κ1) is 27.5. The zero-order valence-electron chi connectivity index (χ0n) is 18.2. The van der Waals surface area contributed by atoms with Crippen molar-refractivity contribution in [3.05, 3.63) is 68.6 Å². The number of halogens is 2. The minimum absolute atomic E-state index is 0.0984. The van der Waals surface area contributed by atoms with E-state index >= 15 is 0 Å². The standard InChI is InChI=1S/C11H15BrN2.C8H7BrO.C4H11N/c1-8(2)13-14-9(3)10-5-4-6-11(12)7-10;1-6(10)7-3-2-4-8(9)5-7;1-4(2)3-5/h4-8,13H,1-3H3;2-5H,1H3;4H,3,5H2,1-2H3/b14-9+;;. The van der Waals surface area contributed by atoms with Crippen LogP contribution in [0.4, 0.5) is 0 Å². The summed E-state index contributed by atoms with van der Waals surface area (Å²) in [6, 6.07) is 15.8. The number of hydrogen-bond acceptors (Lipinski definition) is 4. The van der Waals surface area contributed by atoms with E-state index in [0.29, 0.717) is 12.0 Å². The molecule has 2 aromatic carbocycles. The number of nitrogens with zero attached hydrogens (tertiary/aromatic N) is 1. The van der Waals surface area contributed by atoms with Gasteiger partial charge in [-0.25, -0.2) is 0 Å². The highest BCUT2D eigenvalue weighted by molar-refractivity contribution is 9.10. The maximum absolute atomic E-state index is 10.8. The molecule has 160 valence electrons. The molecule has 0 heterocycles. The van der Waals surface area contributed by atoms with E-state index in [9.17, 15) is 4.79 Å². The Morgan fingerprint density at radius 2 is 1.41 bits per heavy atom. The van der Waals surface area contributed by atoms with E-state index in [0.717, 1.165) is 32.3 Å². The van der Waals surface area contributed by atoms with Gasteiger partial charge in [0.05, 0.1) is 5.71 Å². The summed E-state index contributed by atoms with van der Waals surface area (Å²) in [7, 11) is 0. The first-order valence-electron chi connectivity index (χ1n) is 9.59. The number of nitrogens with one attached hydrogen (secondary N) is 1. The normalized spacial score (nSPS) is 10.7. The predicted molar refractivity (Wildman–Crippen MR) is 133 cm³/mol. The minimum Gasteiger partial charge on any atom is -0.330 e. The molecule has 0 aliphatic rings. The van der Waals surface area contributed by atoms with E-state index in [1.807, 2.05) is 43.3 Å². The molecule has 0 aliphatic heterocycles. The quantitative estimate of drug-likeness (QED) is 0.268. The molecule has 2 aromatic rings. The SMILES string of the molecule is C/C(=N\NC(C)C)c1cccc(Br)c1.CC(=O)c1cccc(Br)c1.CC(C)CN. The second kappa shape index (κ2) is 15.4. The molecule has 29 heavy (non-hydrogen) atoms. The van der Waals surface area contributed by atoms with Crippen LogP contribution in [0.3, 0.4) is 0 Å². The van der Waals surface area contributed by atoms with Crippen molar-refractivity contribution in [2.75, 3.05) is 6.54 Å². The van der Waals surface area contributed by atoms with Crippen molar-refractivity contribution in [2.24, 2.45) is 16.8 Å². The van der Waals surface area contributed by atoms with Crippen LogP contribution in [-0.2, 0) is 0 Å². The Labute approximate surface area is 192 Å². The summed E-state index contributed by atoms with van der Waals surface area (Å²) >= 11 is 6.71. The largest absolute Gasteiger partial charge is 0.330 e. The molecule has 0 aliphatic carbocycles. The van der Waals surface area contributed by atoms with Crippen molar-refractivity contribution in [1.82, 2.24) is 5.43 Å². The van der Waals surface area contributed by atoms with Crippen molar-refractivity contribution < 1.29 is 4.79 Å². The Balaban J connectivity index is 0.000000455. The second-order valence-corrected chi connectivity index (χ2v) is 9.02. The fourth-order valence-electron chi connectivity index (χ4n) is 1.71. The van der Waals surface area contributed by atoms with Crippen molar-refractivity contribution in [1.29, 1.82) is 0 Å². The van der Waals surface area contributed by atoms with Crippen LogP contribution >= 0.6 is 31.9 Å². The highest BCUT2D eigenvalue weighted by Gasteiger charge is 1.98.